The van der Waals surface area contributed by atoms with Gasteiger partial charge in [0.05, 0.1) is 0 Å². The Bertz CT molecular complexity index is 588. The number of hydrogen-bond donors (Lipinski definition) is 0. The number of fused-ring (bicyclic) bond motifs is 1. The zero-order valence-corrected chi connectivity index (χ0v) is 11.9. The Morgan fingerprint density at radius 3 is 2.58 bits per heavy atom. The van der Waals surface area contributed by atoms with Crippen molar-refractivity contribution in [1.82, 2.24) is 0 Å². The van der Waals surface area contributed by atoms with Crippen LogP contribution in [0.4, 0.5) is 0 Å². The van der Waals surface area contributed by atoms with Gasteiger partial charge in [0.25, 0.3) is 0 Å². The second-order valence-electron chi connectivity index (χ2n) is 5.65. The van der Waals surface area contributed by atoms with Crippen molar-refractivity contribution in [3.63, 3.8) is 0 Å². The van der Waals surface area contributed by atoms with Crippen LogP contribution in [-0.2, 0) is 11.2 Å². The van der Waals surface area contributed by atoms with Gasteiger partial charge in [0.2, 0.25) is 0 Å². The van der Waals surface area contributed by atoms with Crippen LogP contribution < -0.4 is 0 Å². The van der Waals surface area contributed by atoms with Crippen LogP contribution in [0.3, 0.4) is 0 Å². The van der Waals surface area contributed by atoms with E-state index in [4.69, 9.17) is 9.15 Å². The summed E-state index contributed by atoms with van der Waals surface area (Å²) in [6, 6.07) is 7.58. The second-order valence-corrected chi connectivity index (χ2v) is 5.65. The van der Waals surface area contributed by atoms with Crippen molar-refractivity contribution in [2.45, 2.75) is 46.1 Å². The molecule has 0 spiro atoms. The molecule has 0 saturated carbocycles. The van der Waals surface area contributed by atoms with Crippen molar-refractivity contribution >= 4 is 16.9 Å². The molecule has 0 aliphatic carbocycles. The molecule has 0 aliphatic rings. The number of furan rings is 1. The number of esters is 1. The number of para-hydroxylation sites is 1. The maximum atomic E-state index is 12.3. The van der Waals surface area contributed by atoms with Crippen LogP contribution in [0.15, 0.2) is 28.7 Å². The van der Waals surface area contributed by atoms with Gasteiger partial charge >= 0.3 is 5.97 Å². The Morgan fingerprint density at radius 1 is 1.26 bits per heavy atom. The summed E-state index contributed by atoms with van der Waals surface area (Å²) in [6.45, 7) is 7.66. The van der Waals surface area contributed by atoms with Crippen molar-refractivity contribution in [3.05, 3.63) is 35.6 Å². The Labute approximate surface area is 113 Å². The molecule has 3 heteroatoms. The molecule has 0 fully saturated rings. The van der Waals surface area contributed by atoms with E-state index in [9.17, 15) is 4.79 Å². The Morgan fingerprint density at radius 2 is 1.95 bits per heavy atom. The second kappa shape index (κ2) is 5.08. The quantitative estimate of drug-likeness (QED) is 0.770. The van der Waals surface area contributed by atoms with Gasteiger partial charge in [-0.15, -0.1) is 0 Å². The van der Waals surface area contributed by atoms with E-state index < -0.39 is 5.60 Å². The third-order valence-electron chi connectivity index (χ3n) is 2.75. The van der Waals surface area contributed by atoms with Crippen molar-refractivity contribution in [3.8, 4) is 0 Å². The van der Waals surface area contributed by atoms with Crippen molar-refractivity contribution < 1.29 is 13.9 Å². The van der Waals surface area contributed by atoms with Gasteiger partial charge in [-0.05, 0) is 33.3 Å². The lowest BCUT2D eigenvalue weighted by Crippen LogP contribution is -2.24. The van der Waals surface area contributed by atoms with Gasteiger partial charge in [0.15, 0.2) is 0 Å². The molecule has 2 aromatic rings. The lowest BCUT2D eigenvalue weighted by Gasteiger charge is -2.19. The van der Waals surface area contributed by atoms with Crippen molar-refractivity contribution in [1.29, 1.82) is 0 Å². The van der Waals surface area contributed by atoms with E-state index in [-0.39, 0.29) is 5.97 Å². The Hall–Kier alpha value is -1.77. The number of carbonyl (C=O) groups is 1. The van der Waals surface area contributed by atoms with Crippen LogP contribution >= 0.6 is 0 Å². The lowest BCUT2D eigenvalue weighted by molar-refractivity contribution is 0.00693. The summed E-state index contributed by atoms with van der Waals surface area (Å²) in [6.07, 6.45) is 1.67. The molecule has 3 nitrogen and oxygen atoms in total. The predicted octanol–water partition coefficient (Wildman–Crippen LogP) is 4.34. The highest BCUT2D eigenvalue weighted by Gasteiger charge is 2.25. The number of rotatable bonds is 3. The first-order valence-corrected chi connectivity index (χ1v) is 6.66. The van der Waals surface area contributed by atoms with E-state index in [1.807, 2.05) is 45.0 Å². The van der Waals surface area contributed by atoms with Crippen LogP contribution in [-0.4, -0.2) is 11.6 Å². The Balaban J connectivity index is 2.50. The van der Waals surface area contributed by atoms with Gasteiger partial charge in [0.1, 0.15) is 22.5 Å². The molecular formula is C16H20O3. The maximum absolute atomic E-state index is 12.3. The first-order chi connectivity index (χ1) is 8.92. The van der Waals surface area contributed by atoms with Crippen molar-refractivity contribution in [2.75, 3.05) is 0 Å². The standard InChI is InChI=1S/C16H20O3/c1-5-8-13-14(15(17)19-16(2,3)4)11-9-6-7-10-12(11)18-13/h6-7,9-10H,5,8H2,1-4H3. The molecule has 1 aromatic carbocycles. The minimum Gasteiger partial charge on any atom is -0.460 e. The summed E-state index contributed by atoms with van der Waals surface area (Å²) in [5, 5.41) is 0.834. The van der Waals surface area contributed by atoms with Crippen LogP contribution in [0.1, 0.15) is 50.2 Å². The molecule has 0 N–H and O–H groups in total. The number of carbonyl (C=O) groups excluding carboxylic acids is 1. The average Bonchev–Trinajstić information content (AvgIpc) is 2.65. The summed E-state index contributed by atoms with van der Waals surface area (Å²) < 4.78 is 11.3. The highest BCUT2D eigenvalue weighted by molar-refractivity contribution is 6.04. The van der Waals surface area contributed by atoms with E-state index in [2.05, 4.69) is 6.92 Å². The zero-order chi connectivity index (χ0) is 14.0. The molecular weight excluding hydrogens is 240 g/mol. The highest BCUT2D eigenvalue weighted by Crippen LogP contribution is 2.28. The molecule has 0 bridgehead atoms. The molecule has 0 unspecified atom stereocenters. The lowest BCUT2D eigenvalue weighted by atomic mass is 10.1. The first kappa shape index (κ1) is 13.7. The smallest absolute Gasteiger partial charge is 0.342 e. The summed E-state index contributed by atoms with van der Waals surface area (Å²) in [4.78, 5) is 12.3. The SMILES string of the molecule is CCCc1oc2ccccc2c1C(=O)OC(C)(C)C. The summed E-state index contributed by atoms with van der Waals surface area (Å²) in [5.41, 5.74) is 0.818. The van der Waals surface area contributed by atoms with Gasteiger partial charge < -0.3 is 9.15 Å². The Kier molecular flexibility index (Phi) is 3.65. The normalized spacial score (nSPS) is 11.8. The first-order valence-electron chi connectivity index (χ1n) is 6.66. The number of hydrogen-bond acceptors (Lipinski definition) is 3. The molecule has 0 aliphatic heterocycles. The minimum atomic E-state index is -0.501. The van der Waals surface area contributed by atoms with Crippen LogP contribution in [0, 0.1) is 0 Å². The average molecular weight is 260 g/mol. The van der Waals surface area contributed by atoms with Gasteiger partial charge in [0, 0.05) is 11.8 Å². The van der Waals surface area contributed by atoms with Crippen LogP contribution in [0.2, 0.25) is 0 Å². The monoisotopic (exact) mass is 260 g/mol. The third kappa shape index (κ3) is 2.98. The molecule has 2 rings (SSSR count). The summed E-state index contributed by atoms with van der Waals surface area (Å²) >= 11 is 0. The molecule has 102 valence electrons. The highest BCUT2D eigenvalue weighted by atomic mass is 16.6. The summed E-state index contributed by atoms with van der Waals surface area (Å²) in [5.74, 6) is 0.416. The van der Waals surface area contributed by atoms with Gasteiger partial charge in [-0.3, -0.25) is 0 Å². The molecule has 0 saturated heterocycles. The van der Waals surface area contributed by atoms with E-state index in [1.165, 1.54) is 0 Å². The molecule has 0 amide bonds. The number of benzene rings is 1. The van der Waals surface area contributed by atoms with Crippen LogP contribution in [0.25, 0.3) is 11.0 Å². The molecule has 0 radical (unpaired) electrons. The molecule has 1 heterocycles. The van der Waals surface area contributed by atoms with Crippen LogP contribution in [0.5, 0.6) is 0 Å². The van der Waals surface area contributed by atoms with Gasteiger partial charge in [-0.25, -0.2) is 4.79 Å². The van der Waals surface area contributed by atoms with E-state index in [0.29, 0.717) is 5.56 Å². The van der Waals surface area contributed by atoms with Gasteiger partial charge in [-0.1, -0.05) is 25.1 Å². The predicted molar refractivity (Wildman–Crippen MR) is 75.4 cm³/mol. The largest absolute Gasteiger partial charge is 0.460 e. The maximum Gasteiger partial charge on any atom is 0.342 e. The third-order valence-corrected chi connectivity index (χ3v) is 2.75. The molecule has 0 atom stereocenters. The molecule has 1 aromatic heterocycles. The fourth-order valence-corrected chi connectivity index (χ4v) is 2.05. The minimum absolute atomic E-state index is 0.305. The zero-order valence-electron chi connectivity index (χ0n) is 11.9. The van der Waals surface area contributed by atoms with E-state index >= 15 is 0 Å². The fraction of sp³-hybridized carbons (Fsp3) is 0.438. The van der Waals surface area contributed by atoms with E-state index in [0.717, 1.165) is 29.6 Å². The topological polar surface area (TPSA) is 39.4 Å². The van der Waals surface area contributed by atoms with Crippen molar-refractivity contribution in [2.24, 2.45) is 0 Å². The molecule has 19 heavy (non-hydrogen) atoms. The van der Waals surface area contributed by atoms with Gasteiger partial charge in [-0.2, -0.15) is 0 Å². The number of aryl methyl sites for hydroxylation is 1. The number of ether oxygens (including phenoxy) is 1. The summed E-state index contributed by atoms with van der Waals surface area (Å²) in [7, 11) is 0. The fourth-order valence-electron chi connectivity index (χ4n) is 2.05. The van der Waals surface area contributed by atoms with E-state index in [1.54, 1.807) is 0 Å².